The molecule has 1 aliphatic rings. The molecule has 0 aromatic heterocycles. The molecule has 0 fully saturated rings. The van der Waals surface area contributed by atoms with Crippen LogP contribution in [-0.2, 0) is 4.79 Å². The van der Waals surface area contributed by atoms with Crippen molar-refractivity contribution < 1.29 is 9.18 Å². The third-order valence-corrected chi connectivity index (χ3v) is 3.33. The van der Waals surface area contributed by atoms with E-state index in [4.69, 9.17) is 0 Å². The van der Waals surface area contributed by atoms with Crippen LogP contribution in [0.4, 0.5) is 15.8 Å². The van der Waals surface area contributed by atoms with E-state index in [2.05, 4.69) is 26.6 Å². The fraction of sp³-hybridized carbons (Fsp3) is 0.364. The normalized spacial score (nSPS) is 19.4. The first-order chi connectivity index (χ1) is 7.61. The molecule has 2 rings (SSSR count). The fourth-order valence-electron chi connectivity index (χ4n) is 1.69. The molecule has 1 aliphatic heterocycles. The summed E-state index contributed by atoms with van der Waals surface area (Å²) in [7, 11) is 0. The van der Waals surface area contributed by atoms with Crippen LogP contribution < -0.4 is 10.6 Å². The van der Waals surface area contributed by atoms with Crippen molar-refractivity contribution >= 4 is 33.2 Å². The van der Waals surface area contributed by atoms with Gasteiger partial charge in [0.05, 0.1) is 21.8 Å². The summed E-state index contributed by atoms with van der Waals surface area (Å²) in [4.78, 5) is 11.7. The number of hydrogen-bond donors (Lipinski definition) is 2. The maximum atomic E-state index is 13.3. The molecule has 0 saturated carbocycles. The molecule has 0 saturated heterocycles. The average molecular weight is 287 g/mol. The Hall–Kier alpha value is -1.10. The van der Waals surface area contributed by atoms with Gasteiger partial charge in [-0.3, -0.25) is 4.79 Å². The summed E-state index contributed by atoms with van der Waals surface area (Å²) < 4.78 is 13.7. The highest BCUT2D eigenvalue weighted by atomic mass is 79.9. The summed E-state index contributed by atoms with van der Waals surface area (Å²) >= 11 is 3.10. The molecule has 1 unspecified atom stereocenters. The molecule has 0 bridgehead atoms. The molecular formula is C11H12BrFN2O. The number of amides is 1. The minimum atomic E-state index is -0.338. The van der Waals surface area contributed by atoms with Gasteiger partial charge < -0.3 is 10.6 Å². The Bertz CT molecular complexity index is 436. The highest BCUT2D eigenvalue weighted by Gasteiger charge is 2.22. The lowest BCUT2D eigenvalue weighted by atomic mass is 10.1. The molecule has 1 amide bonds. The monoisotopic (exact) mass is 286 g/mol. The van der Waals surface area contributed by atoms with E-state index in [0.29, 0.717) is 22.4 Å². The van der Waals surface area contributed by atoms with Crippen molar-refractivity contribution in [3.8, 4) is 0 Å². The van der Waals surface area contributed by atoms with Gasteiger partial charge >= 0.3 is 0 Å². The molecule has 0 spiro atoms. The van der Waals surface area contributed by atoms with Crippen LogP contribution in [0.2, 0.25) is 0 Å². The SMILES string of the molecule is CCC1CNc2cc(F)c(Br)cc2NC1=O. The molecule has 86 valence electrons. The van der Waals surface area contributed by atoms with E-state index in [1.54, 1.807) is 6.07 Å². The van der Waals surface area contributed by atoms with Crippen LogP contribution >= 0.6 is 15.9 Å². The van der Waals surface area contributed by atoms with Crippen molar-refractivity contribution in [3.05, 3.63) is 22.4 Å². The Balaban J connectivity index is 2.37. The maximum Gasteiger partial charge on any atom is 0.229 e. The summed E-state index contributed by atoms with van der Waals surface area (Å²) in [5.74, 6) is -0.433. The lowest BCUT2D eigenvalue weighted by molar-refractivity contribution is -0.119. The highest BCUT2D eigenvalue weighted by Crippen LogP contribution is 2.31. The van der Waals surface area contributed by atoms with E-state index < -0.39 is 0 Å². The molecule has 0 aliphatic carbocycles. The van der Waals surface area contributed by atoms with Gasteiger partial charge in [0.15, 0.2) is 0 Å². The summed E-state index contributed by atoms with van der Waals surface area (Å²) in [6.07, 6.45) is 0.760. The second-order valence-electron chi connectivity index (χ2n) is 3.79. The van der Waals surface area contributed by atoms with Crippen LogP contribution in [0.1, 0.15) is 13.3 Å². The molecule has 1 heterocycles. The Morgan fingerprint density at radius 3 is 2.94 bits per heavy atom. The predicted molar refractivity (Wildman–Crippen MR) is 65.0 cm³/mol. The van der Waals surface area contributed by atoms with Crippen molar-refractivity contribution in [3.63, 3.8) is 0 Å². The van der Waals surface area contributed by atoms with Crippen LogP contribution in [0, 0.1) is 11.7 Å². The number of carbonyl (C=O) groups is 1. The Morgan fingerprint density at radius 2 is 2.25 bits per heavy atom. The van der Waals surface area contributed by atoms with E-state index in [1.165, 1.54) is 6.07 Å². The number of fused-ring (bicyclic) bond motifs is 1. The number of carbonyl (C=O) groups excluding carboxylic acids is 1. The summed E-state index contributed by atoms with van der Waals surface area (Å²) in [5, 5.41) is 5.87. The Morgan fingerprint density at radius 1 is 1.50 bits per heavy atom. The van der Waals surface area contributed by atoms with E-state index in [1.807, 2.05) is 6.92 Å². The quantitative estimate of drug-likeness (QED) is 0.833. The molecule has 0 radical (unpaired) electrons. The van der Waals surface area contributed by atoms with E-state index in [9.17, 15) is 9.18 Å². The minimum absolute atomic E-state index is 0.0211. The second kappa shape index (κ2) is 4.41. The molecule has 2 N–H and O–H groups in total. The lowest BCUT2D eigenvalue weighted by Gasteiger charge is -2.09. The zero-order valence-corrected chi connectivity index (χ0v) is 10.4. The summed E-state index contributed by atoms with van der Waals surface area (Å²) in [6.45, 7) is 2.49. The first-order valence-corrected chi connectivity index (χ1v) is 5.95. The molecule has 5 heteroatoms. The zero-order valence-electron chi connectivity index (χ0n) is 8.81. The van der Waals surface area contributed by atoms with Gasteiger partial charge in [-0.1, -0.05) is 6.92 Å². The van der Waals surface area contributed by atoms with Crippen LogP contribution in [0.25, 0.3) is 0 Å². The fourth-order valence-corrected chi connectivity index (χ4v) is 2.03. The molecular weight excluding hydrogens is 275 g/mol. The molecule has 1 aromatic rings. The average Bonchev–Trinajstić information content (AvgIpc) is 2.38. The number of rotatable bonds is 1. The summed E-state index contributed by atoms with van der Waals surface area (Å²) in [5.41, 5.74) is 1.25. The van der Waals surface area contributed by atoms with Gasteiger partial charge in [-0.2, -0.15) is 0 Å². The highest BCUT2D eigenvalue weighted by molar-refractivity contribution is 9.10. The van der Waals surface area contributed by atoms with Gasteiger partial charge in [-0.25, -0.2) is 4.39 Å². The first-order valence-electron chi connectivity index (χ1n) is 5.15. The van der Waals surface area contributed by atoms with Crippen molar-refractivity contribution in [2.24, 2.45) is 5.92 Å². The van der Waals surface area contributed by atoms with Gasteiger partial charge in [0.25, 0.3) is 0 Å². The van der Waals surface area contributed by atoms with Crippen LogP contribution in [0.3, 0.4) is 0 Å². The molecule has 16 heavy (non-hydrogen) atoms. The molecule has 3 nitrogen and oxygen atoms in total. The van der Waals surface area contributed by atoms with E-state index in [-0.39, 0.29) is 17.6 Å². The summed E-state index contributed by atoms with van der Waals surface area (Å²) in [6, 6.07) is 2.96. The van der Waals surface area contributed by atoms with E-state index in [0.717, 1.165) is 6.42 Å². The van der Waals surface area contributed by atoms with E-state index >= 15 is 0 Å². The zero-order chi connectivity index (χ0) is 11.7. The maximum absolute atomic E-state index is 13.3. The van der Waals surface area contributed by atoms with Crippen LogP contribution in [-0.4, -0.2) is 12.5 Å². The topological polar surface area (TPSA) is 41.1 Å². The predicted octanol–water partition coefficient (Wildman–Crippen LogP) is 2.98. The standard InChI is InChI=1S/C11H12BrFN2O/c1-2-6-5-14-9-4-8(13)7(12)3-10(9)15-11(6)16/h3-4,6,14H,2,5H2,1H3,(H,15,16). The van der Waals surface area contributed by atoms with Gasteiger partial charge in [0.1, 0.15) is 5.82 Å². The van der Waals surface area contributed by atoms with Crippen molar-refractivity contribution in [1.82, 2.24) is 0 Å². The molecule has 1 atom stereocenters. The third-order valence-electron chi connectivity index (χ3n) is 2.72. The number of halogens is 2. The lowest BCUT2D eigenvalue weighted by Crippen LogP contribution is -2.24. The Kier molecular flexibility index (Phi) is 3.14. The van der Waals surface area contributed by atoms with Crippen LogP contribution in [0.15, 0.2) is 16.6 Å². The van der Waals surface area contributed by atoms with Crippen molar-refractivity contribution in [2.75, 3.05) is 17.2 Å². The van der Waals surface area contributed by atoms with Gasteiger partial charge in [0.2, 0.25) is 5.91 Å². The number of hydrogen-bond acceptors (Lipinski definition) is 2. The smallest absolute Gasteiger partial charge is 0.229 e. The number of benzene rings is 1. The third kappa shape index (κ3) is 2.04. The largest absolute Gasteiger partial charge is 0.382 e. The number of nitrogens with one attached hydrogen (secondary N) is 2. The minimum Gasteiger partial charge on any atom is -0.382 e. The van der Waals surface area contributed by atoms with Gasteiger partial charge in [0, 0.05) is 12.6 Å². The van der Waals surface area contributed by atoms with Gasteiger partial charge in [-0.05, 0) is 28.4 Å². The Labute approximate surface area is 102 Å². The molecule has 1 aromatic carbocycles. The van der Waals surface area contributed by atoms with Crippen molar-refractivity contribution in [1.29, 1.82) is 0 Å². The van der Waals surface area contributed by atoms with Crippen molar-refractivity contribution in [2.45, 2.75) is 13.3 Å². The van der Waals surface area contributed by atoms with Gasteiger partial charge in [-0.15, -0.1) is 0 Å². The first kappa shape index (κ1) is 11.4. The van der Waals surface area contributed by atoms with Crippen LogP contribution in [0.5, 0.6) is 0 Å². The number of anilines is 2. The second-order valence-corrected chi connectivity index (χ2v) is 4.64.